The zero-order chi connectivity index (χ0) is 13.0. The molecule has 0 saturated carbocycles. The fourth-order valence-corrected chi connectivity index (χ4v) is 1.88. The van der Waals surface area contributed by atoms with Crippen molar-refractivity contribution in [1.82, 2.24) is 9.59 Å². The number of aromatic nitrogens is 2. The zero-order valence-electron chi connectivity index (χ0n) is 9.16. The van der Waals surface area contributed by atoms with Crippen molar-refractivity contribution in [2.75, 3.05) is 5.32 Å². The van der Waals surface area contributed by atoms with Gasteiger partial charge in [0.05, 0.1) is 12.6 Å². The van der Waals surface area contributed by atoms with Crippen LogP contribution in [0, 0.1) is 0 Å². The van der Waals surface area contributed by atoms with Gasteiger partial charge in [0.25, 0.3) is 5.91 Å². The number of carboxylic acid groups (broad SMARTS) is 1. The van der Waals surface area contributed by atoms with Gasteiger partial charge < -0.3 is 10.4 Å². The van der Waals surface area contributed by atoms with Gasteiger partial charge in [-0.1, -0.05) is 22.7 Å². The maximum atomic E-state index is 12.0. The quantitative estimate of drug-likeness (QED) is 0.870. The summed E-state index contributed by atoms with van der Waals surface area (Å²) < 4.78 is 3.62. The Hall–Kier alpha value is -2.28. The number of carboxylic acids is 1. The van der Waals surface area contributed by atoms with Gasteiger partial charge in [-0.05, 0) is 11.6 Å². The van der Waals surface area contributed by atoms with Crippen LogP contribution in [0.1, 0.15) is 15.9 Å². The summed E-state index contributed by atoms with van der Waals surface area (Å²) in [6.07, 6.45) is 1.24. The van der Waals surface area contributed by atoms with Crippen molar-refractivity contribution in [3.05, 3.63) is 41.6 Å². The van der Waals surface area contributed by atoms with E-state index in [-0.39, 0.29) is 12.3 Å². The topological polar surface area (TPSA) is 92.2 Å². The molecule has 0 saturated heterocycles. The molecule has 1 aromatic heterocycles. The molecule has 6 nitrogen and oxygen atoms in total. The zero-order valence-corrected chi connectivity index (χ0v) is 9.98. The van der Waals surface area contributed by atoms with Crippen LogP contribution in [0.3, 0.4) is 0 Å². The molecule has 0 aliphatic heterocycles. The Labute approximate surface area is 106 Å². The lowest BCUT2D eigenvalue weighted by Crippen LogP contribution is -2.15. The van der Waals surface area contributed by atoms with E-state index < -0.39 is 5.97 Å². The normalized spacial score (nSPS) is 10.0. The largest absolute Gasteiger partial charge is 0.481 e. The first-order valence-corrected chi connectivity index (χ1v) is 5.82. The molecule has 0 unspecified atom stereocenters. The molecule has 1 aromatic carbocycles. The van der Waals surface area contributed by atoms with Crippen LogP contribution in [-0.2, 0) is 11.2 Å². The van der Waals surface area contributed by atoms with Crippen molar-refractivity contribution in [1.29, 1.82) is 0 Å². The third kappa shape index (κ3) is 2.89. The van der Waals surface area contributed by atoms with Gasteiger partial charge in [-0.3, -0.25) is 9.59 Å². The molecule has 92 valence electrons. The number of hydrogen-bond donors (Lipinski definition) is 2. The van der Waals surface area contributed by atoms with Gasteiger partial charge in [-0.2, -0.15) is 0 Å². The van der Waals surface area contributed by atoms with Crippen LogP contribution in [0.4, 0.5) is 5.00 Å². The molecule has 2 N–H and O–H groups in total. The van der Waals surface area contributed by atoms with Crippen molar-refractivity contribution in [3.63, 3.8) is 0 Å². The minimum atomic E-state index is -0.977. The summed E-state index contributed by atoms with van der Waals surface area (Å²) in [5.41, 5.74) is 0.813. The van der Waals surface area contributed by atoms with Gasteiger partial charge in [0.2, 0.25) is 0 Å². The molecule has 2 rings (SSSR count). The number of aliphatic carboxylic acids is 1. The van der Waals surface area contributed by atoms with Gasteiger partial charge in [-0.15, -0.1) is 5.10 Å². The van der Waals surface area contributed by atoms with Crippen molar-refractivity contribution >= 4 is 28.4 Å². The minimum Gasteiger partial charge on any atom is -0.481 e. The molecule has 0 radical (unpaired) electrons. The van der Waals surface area contributed by atoms with Gasteiger partial charge in [0, 0.05) is 17.1 Å². The Bertz CT molecular complexity index is 569. The Morgan fingerprint density at radius 3 is 2.78 bits per heavy atom. The number of nitrogens with zero attached hydrogens (tertiary/aromatic N) is 2. The molecule has 0 bridgehead atoms. The Balaban J connectivity index is 2.21. The van der Waals surface area contributed by atoms with Gasteiger partial charge in [-0.25, -0.2) is 0 Å². The number of nitrogens with one attached hydrogen (secondary N) is 1. The molecule has 1 heterocycles. The standard InChI is InChI=1S/C11H9N3O3S/c15-10(16)5-7-3-1-2-4-8(7)11(17)13-9-6-12-14-18-9/h1-4,6H,5H2,(H,13,17)(H,15,16). The highest BCUT2D eigenvalue weighted by atomic mass is 32.1. The molecule has 0 spiro atoms. The Kier molecular flexibility index (Phi) is 3.63. The summed E-state index contributed by atoms with van der Waals surface area (Å²) >= 11 is 1.06. The Morgan fingerprint density at radius 2 is 2.11 bits per heavy atom. The summed E-state index contributed by atoms with van der Waals surface area (Å²) in [6, 6.07) is 6.59. The minimum absolute atomic E-state index is 0.190. The van der Waals surface area contributed by atoms with E-state index in [1.54, 1.807) is 24.3 Å². The third-order valence-corrected chi connectivity index (χ3v) is 2.78. The predicted octanol–water partition coefficient (Wildman–Crippen LogP) is 1.42. The molecule has 0 aliphatic rings. The second kappa shape index (κ2) is 5.37. The summed E-state index contributed by atoms with van der Waals surface area (Å²) in [5.74, 6) is -1.34. The average molecular weight is 263 g/mol. The van der Waals surface area contributed by atoms with E-state index in [2.05, 4.69) is 14.9 Å². The molecule has 18 heavy (non-hydrogen) atoms. The number of carbonyl (C=O) groups excluding carboxylic acids is 1. The average Bonchev–Trinajstić information content (AvgIpc) is 2.81. The number of amides is 1. The van der Waals surface area contributed by atoms with E-state index in [1.807, 2.05) is 0 Å². The second-order valence-corrected chi connectivity index (χ2v) is 4.25. The predicted molar refractivity (Wildman–Crippen MR) is 65.6 cm³/mol. The fourth-order valence-electron chi connectivity index (χ4n) is 1.46. The second-order valence-electron chi connectivity index (χ2n) is 3.46. The Morgan fingerprint density at radius 1 is 1.33 bits per heavy atom. The lowest BCUT2D eigenvalue weighted by Gasteiger charge is -2.06. The summed E-state index contributed by atoms with van der Waals surface area (Å²) in [4.78, 5) is 22.7. The van der Waals surface area contributed by atoms with Crippen molar-refractivity contribution in [2.45, 2.75) is 6.42 Å². The van der Waals surface area contributed by atoms with Crippen LogP contribution in [0.5, 0.6) is 0 Å². The van der Waals surface area contributed by atoms with Crippen molar-refractivity contribution in [2.24, 2.45) is 0 Å². The van der Waals surface area contributed by atoms with Gasteiger partial charge >= 0.3 is 5.97 Å². The first-order chi connectivity index (χ1) is 8.66. The molecule has 2 aromatic rings. The third-order valence-electron chi connectivity index (χ3n) is 2.20. The monoisotopic (exact) mass is 263 g/mol. The summed E-state index contributed by atoms with van der Waals surface area (Å²) in [5, 5.41) is 15.5. The van der Waals surface area contributed by atoms with Crippen LogP contribution in [0.25, 0.3) is 0 Å². The van der Waals surface area contributed by atoms with Crippen LogP contribution in [0.15, 0.2) is 30.5 Å². The molecular formula is C11H9N3O3S. The lowest BCUT2D eigenvalue weighted by atomic mass is 10.0. The van der Waals surface area contributed by atoms with Gasteiger partial charge in [0.15, 0.2) is 0 Å². The van der Waals surface area contributed by atoms with E-state index in [4.69, 9.17) is 5.11 Å². The number of hydrogen-bond acceptors (Lipinski definition) is 5. The molecule has 0 fully saturated rings. The highest BCUT2D eigenvalue weighted by Gasteiger charge is 2.13. The number of rotatable bonds is 4. The molecular weight excluding hydrogens is 254 g/mol. The molecule has 7 heteroatoms. The number of carbonyl (C=O) groups is 2. The summed E-state index contributed by atoms with van der Waals surface area (Å²) in [7, 11) is 0. The van der Waals surface area contributed by atoms with Gasteiger partial charge in [0.1, 0.15) is 5.00 Å². The SMILES string of the molecule is O=C(O)Cc1ccccc1C(=O)Nc1cnns1. The van der Waals surface area contributed by atoms with Crippen LogP contribution in [0.2, 0.25) is 0 Å². The first-order valence-electron chi connectivity index (χ1n) is 5.05. The highest BCUT2D eigenvalue weighted by molar-refractivity contribution is 7.10. The van der Waals surface area contributed by atoms with Crippen LogP contribution >= 0.6 is 11.5 Å². The van der Waals surface area contributed by atoms with E-state index >= 15 is 0 Å². The van der Waals surface area contributed by atoms with E-state index in [0.29, 0.717) is 16.1 Å². The number of anilines is 1. The maximum Gasteiger partial charge on any atom is 0.307 e. The van der Waals surface area contributed by atoms with Crippen molar-refractivity contribution in [3.8, 4) is 0 Å². The van der Waals surface area contributed by atoms with E-state index in [1.165, 1.54) is 6.20 Å². The van der Waals surface area contributed by atoms with E-state index in [9.17, 15) is 9.59 Å². The highest BCUT2D eigenvalue weighted by Crippen LogP contribution is 2.15. The number of benzene rings is 1. The molecule has 0 aliphatic carbocycles. The molecule has 1 amide bonds. The lowest BCUT2D eigenvalue weighted by molar-refractivity contribution is -0.136. The smallest absolute Gasteiger partial charge is 0.307 e. The first kappa shape index (κ1) is 12.2. The summed E-state index contributed by atoms with van der Waals surface area (Å²) in [6.45, 7) is 0. The maximum absolute atomic E-state index is 12.0. The fraction of sp³-hybridized carbons (Fsp3) is 0.0909. The molecule has 0 atom stereocenters. The van der Waals surface area contributed by atoms with E-state index in [0.717, 1.165) is 11.5 Å². The van der Waals surface area contributed by atoms with Crippen molar-refractivity contribution < 1.29 is 14.7 Å². The van der Waals surface area contributed by atoms with Crippen LogP contribution in [-0.4, -0.2) is 26.6 Å². The van der Waals surface area contributed by atoms with Crippen LogP contribution < -0.4 is 5.32 Å².